The summed E-state index contributed by atoms with van der Waals surface area (Å²) in [6.07, 6.45) is 2.89. The third-order valence-electron chi connectivity index (χ3n) is 4.72. The molecule has 3 rings (SSSR count). The van der Waals surface area contributed by atoms with Crippen molar-refractivity contribution in [2.24, 2.45) is 5.92 Å². The molecule has 6 nitrogen and oxygen atoms in total. The molecule has 0 saturated heterocycles. The summed E-state index contributed by atoms with van der Waals surface area (Å²) in [4.78, 5) is 25.0. The van der Waals surface area contributed by atoms with Gasteiger partial charge in [-0.05, 0) is 32.4 Å². The number of ether oxygens (including phenoxy) is 1. The highest BCUT2D eigenvalue weighted by molar-refractivity contribution is 6.13. The van der Waals surface area contributed by atoms with Crippen LogP contribution >= 0.6 is 0 Å². The monoisotopic (exact) mass is 372 g/mol. The molecule has 2 N–H and O–H groups in total. The van der Waals surface area contributed by atoms with Crippen LogP contribution in [0.4, 0.5) is 0 Å². The highest BCUT2D eigenvalue weighted by Crippen LogP contribution is 2.47. The van der Waals surface area contributed by atoms with Gasteiger partial charge in [-0.15, -0.1) is 0 Å². The fraction of sp³-hybridized carbons (Fsp3) is 0.429. The van der Waals surface area contributed by atoms with Crippen molar-refractivity contribution in [3.63, 3.8) is 0 Å². The summed E-state index contributed by atoms with van der Waals surface area (Å²) >= 11 is 0. The average molecular weight is 372 g/mol. The van der Waals surface area contributed by atoms with Gasteiger partial charge in [-0.25, -0.2) is 4.79 Å². The lowest BCUT2D eigenvalue weighted by atomic mass is 9.89. The van der Waals surface area contributed by atoms with Gasteiger partial charge in [0.1, 0.15) is 22.7 Å². The molecule has 2 aromatic rings. The lowest BCUT2D eigenvalue weighted by Gasteiger charge is -2.30. The molecular formula is C21H24O6. The largest absolute Gasteiger partial charge is 0.506 e. The van der Waals surface area contributed by atoms with Gasteiger partial charge >= 0.3 is 5.63 Å². The molecule has 0 amide bonds. The number of aromatic hydroxyl groups is 1. The van der Waals surface area contributed by atoms with E-state index in [1.54, 1.807) is 32.9 Å². The third-order valence-corrected chi connectivity index (χ3v) is 4.72. The molecular weight excluding hydrogens is 348 g/mol. The first-order chi connectivity index (χ1) is 12.6. The molecule has 1 unspecified atom stereocenters. The summed E-state index contributed by atoms with van der Waals surface area (Å²) in [5, 5.41) is 21.7. The number of Topliss-reactive ketones (excluding diaryl/α,β-unsaturated/α-hetero) is 1. The van der Waals surface area contributed by atoms with Crippen LogP contribution in [0.5, 0.6) is 11.5 Å². The zero-order chi connectivity index (χ0) is 20.1. The molecule has 0 saturated carbocycles. The first-order valence-corrected chi connectivity index (χ1v) is 9.04. The van der Waals surface area contributed by atoms with E-state index in [1.807, 2.05) is 13.8 Å². The maximum absolute atomic E-state index is 12.8. The Labute approximate surface area is 157 Å². The summed E-state index contributed by atoms with van der Waals surface area (Å²) in [5.41, 5.74) is -0.818. The zero-order valence-corrected chi connectivity index (χ0v) is 16.1. The van der Waals surface area contributed by atoms with Crippen LogP contribution in [-0.4, -0.2) is 21.6 Å². The Bertz CT molecular complexity index is 1010. The number of phenolic OH excluding ortho intramolecular Hbond substituents is 1. The van der Waals surface area contributed by atoms with Crippen molar-refractivity contribution >= 4 is 22.8 Å². The number of aliphatic hydroxyl groups is 1. The van der Waals surface area contributed by atoms with Gasteiger partial charge in [0, 0.05) is 17.5 Å². The maximum atomic E-state index is 12.8. The number of aliphatic hydroxyl groups excluding tert-OH is 1. The van der Waals surface area contributed by atoms with Crippen LogP contribution in [-0.2, 0) is 0 Å². The van der Waals surface area contributed by atoms with Gasteiger partial charge in [-0.1, -0.05) is 20.8 Å². The Morgan fingerprint density at radius 1 is 1.30 bits per heavy atom. The molecule has 1 aromatic heterocycles. The van der Waals surface area contributed by atoms with Crippen molar-refractivity contribution in [2.75, 3.05) is 0 Å². The zero-order valence-electron chi connectivity index (χ0n) is 16.1. The molecule has 1 aliphatic rings. The van der Waals surface area contributed by atoms with Crippen LogP contribution < -0.4 is 10.4 Å². The predicted octanol–water partition coefficient (Wildman–Crippen LogP) is 3.96. The van der Waals surface area contributed by atoms with Gasteiger partial charge in [-0.2, -0.15) is 0 Å². The molecule has 0 bridgehead atoms. The van der Waals surface area contributed by atoms with Gasteiger partial charge in [0.15, 0.2) is 11.4 Å². The van der Waals surface area contributed by atoms with E-state index in [2.05, 4.69) is 0 Å². The van der Waals surface area contributed by atoms with E-state index in [0.29, 0.717) is 28.7 Å². The van der Waals surface area contributed by atoms with Gasteiger partial charge in [-0.3, -0.25) is 4.79 Å². The van der Waals surface area contributed by atoms with Gasteiger partial charge < -0.3 is 19.4 Å². The average Bonchev–Trinajstić information content (AvgIpc) is 2.59. The number of rotatable bonds is 4. The van der Waals surface area contributed by atoms with E-state index in [1.165, 1.54) is 6.07 Å². The molecule has 0 aliphatic carbocycles. The Morgan fingerprint density at radius 3 is 2.56 bits per heavy atom. The molecule has 1 aliphatic heterocycles. The van der Waals surface area contributed by atoms with Crippen LogP contribution in [0.25, 0.3) is 17.0 Å². The molecule has 0 spiro atoms. The molecule has 144 valence electrons. The standard InChI is InChI=1S/C21H24O6/c1-6-13(22)12-9-14(23)26-20-15(12)19-11(7-8-21(4,5)27-19)18(25)16(20)17(24)10(2)3/h7-10,13,22,25H,6H2,1-5H3. The summed E-state index contributed by atoms with van der Waals surface area (Å²) in [7, 11) is 0. The quantitative estimate of drug-likeness (QED) is 0.623. The molecule has 1 aromatic carbocycles. The second-order valence-corrected chi connectivity index (χ2v) is 7.67. The molecule has 2 heterocycles. The van der Waals surface area contributed by atoms with Crippen molar-refractivity contribution in [1.29, 1.82) is 0 Å². The second kappa shape index (κ2) is 6.53. The summed E-state index contributed by atoms with van der Waals surface area (Å²) in [6.45, 7) is 8.87. The number of phenols is 1. The van der Waals surface area contributed by atoms with Crippen LogP contribution in [0.3, 0.4) is 0 Å². The second-order valence-electron chi connectivity index (χ2n) is 7.67. The molecule has 6 heteroatoms. The SMILES string of the molecule is CCC(O)c1cc(=O)oc2c(C(=O)C(C)C)c(O)c3c(c12)OC(C)(C)C=C3. The van der Waals surface area contributed by atoms with E-state index in [-0.39, 0.29) is 22.7 Å². The van der Waals surface area contributed by atoms with E-state index >= 15 is 0 Å². The minimum atomic E-state index is -0.940. The number of ketones is 1. The number of hydrogen-bond acceptors (Lipinski definition) is 6. The molecule has 0 fully saturated rings. The van der Waals surface area contributed by atoms with Crippen LogP contribution in [0.1, 0.15) is 68.6 Å². The van der Waals surface area contributed by atoms with E-state index in [0.717, 1.165) is 0 Å². The van der Waals surface area contributed by atoms with Gasteiger partial charge in [0.05, 0.1) is 17.1 Å². The lowest BCUT2D eigenvalue weighted by molar-refractivity contribution is 0.0937. The Morgan fingerprint density at radius 2 is 1.96 bits per heavy atom. The number of benzene rings is 1. The van der Waals surface area contributed by atoms with Crippen molar-refractivity contribution in [3.8, 4) is 11.5 Å². The number of fused-ring (bicyclic) bond motifs is 3. The highest BCUT2D eigenvalue weighted by Gasteiger charge is 2.33. The third kappa shape index (κ3) is 3.14. The topological polar surface area (TPSA) is 97.0 Å². The lowest BCUT2D eigenvalue weighted by Crippen LogP contribution is -2.28. The summed E-state index contributed by atoms with van der Waals surface area (Å²) < 4.78 is 11.4. The normalized spacial score (nSPS) is 16.3. The van der Waals surface area contributed by atoms with Crippen LogP contribution in [0.2, 0.25) is 0 Å². The maximum Gasteiger partial charge on any atom is 0.336 e. The van der Waals surface area contributed by atoms with E-state index < -0.39 is 23.2 Å². The molecule has 1 atom stereocenters. The Hall–Kier alpha value is -2.60. The molecule has 27 heavy (non-hydrogen) atoms. The van der Waals surface area contributed by atoms with Crippen molar-refractivity contribution in [3.05, 3.63) is 39.3 Å². The van der Waals surface area contributed by atoms with Crippen LogP contribution in [0, 0.1) is 5.92 Å². The smallest absolute Gasteiger partial charge is 0.336 e. The van der Waals surface area contributed by atoms with Crippen molar-refractivity contribution in [2.45, 2.75) is 52.7 Å². The van der Waals surface area contributed by atoms with Gasteiger partial charge in [0.2, 0.25) is 0 Å². The van der Waals surface area contributed by atoms with Crippen LogP contribution in [0.15, 0.2) is 21.4 Å². The van der Waals surface area contributed by atoms with E-state index in [9.17, 15) is 19.8 Å². The fourth-order valence-corrected chi connectivity index (χ4v) is 3.25. The first-order valence-electron chi connectivity index (χ1n) is 9.04. The predicted molar refractivity (Wildman–Crippen MR) is 102 cm³/mol. The molecule has 0 radical (unpaired) electrons. The van der Waals surface area contributed by atoms with Crippen molar-refractivity contribution < 1.29 is 24.2 Å². The minimum Gasteiger partial charge on any atom is -0.506 e. The summed E-state index contributed by atoms with van der Waals surface area (Å²) in [5.74, 6) is -0.771. The first kappa shape index (κ1) is 19.2. The highest BCUT2D eigenvalue weighted by atomic mass is 16.5. The number of carbonyl (C=O) groups excluding carboxylic acids is 1. The van der Waals surface area contributed by atoms with Crippen molar-refractivity contribution in [1.82, 2.24) is 0 Å². The van der Waals surface area contributed by atoms with E-state index in [4.69, 9.17) is 9.15 Å². The summed E-state index contributed by atoms with van der Waals surface area (Å²) in [6, 6.07) is 1.21. The minimum absolute atomic E-state index is 0.0500. The number of hydrogen-bond donors (Lipinski definition) is 2. The number of carbonyl (C=O) groups is 1. The Balaban J connectivity index is 2.55. The fourth-order valence-electron chi connectivity index (χ4n) is 3.25. The Kier molecular flexibility index (Phi) is 4.64. The van der Waals surface area contributed by atoms with Gasteiger partial charge in [0.25, 0.3) is 0 Å².